The fourth-order valence-corrected chi connectivity index (χ4v) is 3.07. The second kappa shape index (κ2) is 7.18. The van der Waals surface area contributed by atoms with Crippen LogP contribution in [0.2, 0.25) is 0 Å². The van der Waals surface area contributed by atoms with Crippen LogP contribution in [0.4, 0.5) is 10.1 Å². The predicted molar refractivity (Wildman–Crippen MR) is 106 cm³/mol. The SMILES string of the molecule is Cc1ccc(-c2noc([C@H]3C[C@@H]3F)n2)cc1NC(=O)c1cnn(-c2ccccn2)c1. The maximum atomic E-state index is 13.2. The topological polar surface area (TPSA) is 98.7 Å². The van der Waals surface area contributed by atoms with Gasteiger partial charge in [-0.25, -0.2) is 14.1 Å². The van der Waals surface area contributed by atoms with Crippen molar-refractivity contribution in [2.75, 3.05) is 5.32 Å². The van der Waals surface area contributed by atoms with E-state index in [-0.39, 0.29) is 11.8 Å². The number of alkyl halides is 1. The molecule has 0 saturated heterocycles. The third-order valence-electron chi connectivity index (χ3n) is 4.94. The number of nitrogens with zero attached hydrogens (tertiary/aromatic N) is 5. The second-order valence-electron chi connectivity index (χ2n) is 7.16. The summed E-state index contributed by atoms with van der Waals surface area (Å²) in [6, 6.07) is 10.9. The molecule has 2 atom stereocenters. The largest absolute Gasteiger partial charge is 0.339 e. The van der Waals surface area contributed by atoms with Crippen molar-refractivity contribution in [2.24, 2.45) is 0 Å². The molecule has 4 aromatic rings. The van der Waals surface area contributed by atoms with Gasteiger partial charge in [-0.3, -0.25) is 4.79 Å². The van der Waals surface area contributed by atoms with E-state index < -0.39 is 6.17 Å². The van der Waals surface area contributed by atoms with Gasteiger partial charge in [-0.05, 0) is 37.1 Å². The molecule has 1 amide bonds. The zero-order valence-corrected chi connectivity index (χ0v) is 16.0. The molecule has 1 saturated carbocycles. The lowest BCUT2D eigenvalue weighted by Crippen LogP contribution is -2.12. The van der Waals surface area contributed by atoms with Gasteiger partial charge in [0.1, 0.15) is 6.17 Å². The minimum Gasteiger partial charge on any atom is -0.339 e. The summed E-state index contributed by atoms with van der Waals surface area (Å²) in [6.45, 7) is 1.89. The number of carbonyl (C=O) groups excluding carboxylic acids is 1. The third-order valence-corrected chi connectivity index (χ3v) is 4.94. The van der Waals surface area contributed by atoms with E-state index in [1.165, 1.54) is 10.9 Å². The molecule has 1 aliphatic carbocycles. The highest BCUT2D eigenvalue weighted by atomic mass is 19.1. The van der Waals surface area contributed by atoms with E-state index in [4.69, 9.17) is 4.52 Å². The normalized spacial score (nSPS) is 17.7. The summed E-state index contributed by atoms with van der Waals surface area (Å²) in [5.41, 5.74) is 2.56. The Morgan fingerprint density at radius 1 is 1.30 bits per heavy atom. The summed E-state index contributed by atoms with van der Waals surface area (Å²) in [5, 5.41) is 11.0. The average Bonchev–Trinajstić information content (AvgIpc) is 3.17. The zero-order chi connectivity index (χ0) is 20.7. The number of carbonyl (C=O) groups is 1. The van der Waals surface area contributed by atoms with Gasteiger partial charge in [0, 0.05) is 23.6 Å². The fourth-order valence-electron chi connectivity index (χ4n) is 3.07. The van der Waals surface area contributed by atoms with Crippen LogP contribution in [0.1, 0.15) is 34.2 Å². The van der Waals surface area contributed by atoms with Gasteiger partial charge in [0.05, 0.1) is 17.7 Å². The minimum atomic E-state index is -0.904. The number of hydrogen-bond donors (Lipinski definition) is 1. The number of halogens is 1. The van der Waals surface area contributed by atoms with E-state index >= 15 is 0 Å². The fraction of sp³-hybridized carbons (Fsp3) is 0.190. The van der Waals surface area contributed by atoms with Crippen molar-refractivity contribution in [3.63, 3.8) is 0 Å². The molecule has 0 spiro atoms. The van der Waals surface area contributed by atoms with Gasteiger partial charge in [0.2, 0.25) is 11.7 Å². The highest BCUT2D eigenvalue weighted by Crippen LogP contribution is 2.43. The standard InChI is InChI=1S/C21H17FN6O2/c1-12-5-6-13(19-26-21(30-27-19)15-9-16(15)22)8-17(12)25-20(29)14-10-24-28(11-14)18-4-2-3-7-23-18/h2-8,10-11,15-16H,9H2,1H3,(H,25,29)/t15-,16-/m0/s1. The van der Waals surface area contributed by atoms with Gasteiger partial charge in [0.15, 0.2) is 5.82 Å². The van der Waals surface area contributed by atoms with Crippen molar-refractivity contribution in [2.45, 2.75) is 25.4 Å². The molecule has 5 rings (SSSR count). The summed E-state index contributed by atoms with van der Waals surface area (Å²) < 4.78 is 19.9. The number of aryl methyl sites for hydroxylation is 1. The summed E-state index contributed by atoms with van der Waals surface area (Å²) in [4.78, 5) is 21.2. The van der Waals surface area contributed by atoms with Crippen molar-refractivity contribution in [3.8, 4) is 17.2 Å². The lowest BCUT2D eigenvalue weighted by molar-refractivity contribution is 0.102. The first kappa shape index (κ1) is 18.2. The molecule has 30 heavy (non-hydrogen) atoms. The van der Waals surface area contributed by atoms with Gasteiger partial charge in [-0.2, -0.15) is 10.1 Å². The lowest BCUT2D eigenvalue weighted by Gasteiger charge is -2.08. The van der Waals surface area contributed by atoms with Crippen molar-refractivity contribution in [1.29, 1.82) is 0 Å². The summed E-state index contributed by atoms with van der Waals surface area (Å²) in [5.74, 6) is 0.693. The molecule has 0 radical (unpaired) electrons. The highest BCUT2D eigenvalue weighted by molar-refractivity contribution is 6.04. The zero-order valence-electron chi connectivity index (χ0n) is 16.0. The Bertz CT molecular complexity index is 1220. The number of aromatic nitrogens is 5. The van der Waals surface area contributed by atoms with Crippen LogP contribution < -0.4 is 5.32 Å². The Hall–Kier alpha value is -3.88. The smallest absolute Gasteiger partial charge is 0.258 e. The summed E-state index contributed by atoms with van der Waals surface area (Å²) in [6.07, 6.45) is 4.27. The Kier molecular flexibility index (Phi) is 4.35. The quantitative estimate of drug-likeness (QED) is 0.545. The highest BCUT2D eigenvalue weighted by Gasteiger charge is 2.43. The van der Waals surface area contributed by atoms with Crippen LogP contribution in [-0.2, 0) is 0 Å². The van der Waals surface area contributed by atoms with Crippen molar-refractivity contribution < 1.29 is 13.7 Å². The van der Waals surface area contributed by atoms with Crippen LogP contribution in [0.15, 0.2) is 59.5 Å². The predicted octanol–water partition coefficient (Wildman–Crippen LogP) is 3.70. The van der Waals surface area contributed by atoms with Gasteiger partial charge in [0.25, 0.3) is 5.91 Å². The first-order valence-corrected chi connectivity index (χ1v) is 9.44. The van der Waals surface area contributed by atoms with Crippen molar-refractivity contribution in [3.05, 3.63) is 72.0 Å². The molecule has 8 nitrogen and oxygen atoms in total. The van der Waals surface area contributed by atoms with Gasteiger partial charge < -0.3 is 9.84 Å². The Labute approximate surface area is 170 Å². The molecule has 9 heteroatoms. The number of benzene rings is 1. The molecular formula is C21H17FN6O2. The number of pyridine rings is 1. The molecular weight excluding hydrogens is 387 g/mol. The van der Waals surface area contributed by atoms with Crippen molar-refractivity contribution in [1.82, 2.24) is 24.9 Å². The maximum absolute atomic E-state index is 13.2. The number of rotatable bonds is 5. The Morgan fingerprint density at radius 3 is 2.93 bits per heavy atom. The molecule has 1 fully saturated rings. The molecule has 1 aliphatic rings. The van der Waals surface area contributed by atoms with Crippen LogP contribution in [-0.4, -0.2) is 37.0 Å². The van der Waals surface area contributed by atoms with Crippen LogP contribution in [0, 0.1) is 6.92 Å². The first-order chi connectivity index (χ1) is 14.6. The van der Waals surface area contributed by atoms with Crippen LogP contribution in [0.3, 0.4) is 0 Å². The number of amides is 1. The molecule has 0 aliphatic heterocycles. The van der Waals surface area contributed by atoms with Crippen LogP contribution in [0.5, 0.6) is 0 Å². The van der Waals surface area contributed by atoms with Crippen molar-refractivity contribution >= 4 is 11.6 Å². The molecule has 150 valence electrons. The number of nitrogens with one attached hydrogen (secondary N) is 1. The first-order valence-electron chi connectivity index (χ1n) is 9.44. The molecule has 3 heterocycles. The van der Waals surface area contributed by atoms with Crippen LogP contribution in [0.25, 0.3) is 17.2 Å². The Morgan fingerprint density at radius 2 is 2.17 bits per heavy atom. The average molecular weight is 404 g/mol. The van der Waals surface area contributed by atoms with E-state index in [0.29, 0.717) is 40.8 Å². The Balaban J connectivity index is 1.36. The molecule has 3 aromatic heterocycles. The lowest BCUT2D eigenvalue weighted by atomic mass is 10.1. The molecule has 1 N–H and O–H groups in total. The van der Waals surface area contributed by atoms with E-state index in [2.05, 4.69) is 25.5 Å². The van der Waals surface area contributed by atoms with E-state index in [0.717, 1.165) is 5.56 Å². The maximum Gasteiger partial charge on any atom is 0.258 e. The summed E-state index contributed by atoms with van der Waals surface area (Å²) in [7, 11) is 0. The summed E-state index contributed by atoms with van der Waals surface area (Å²) >= 11 is 0. The number of anilines is 1. The molecule has 0 bridgehead atoms. The molecule has 0 unspecified atom stereocenters. The van der Waals surface area contributed by atoms with Gasteiger partial charge in [-0.15, -0.1) is 0 Å². The van der Waals surface area contributed by atoms with Gasteiger partial charge in [-0.1, -0.05) is 23.4 Å². The van der Waals surface area contributed by atoms with E-state index in [9.17, 15) is 9.18 Å². The molecule has 1 aromatic carbocycles. The third kappa shape index (κ3) is 3.45. The van der Waals surface area contributed by atoms with E-state index in [1.54, 1.807) is 24.5 Å². The minimum absolute atomic E-state index is 0.300. The van der Waals surface area contributed by atoms with E-state index in [1.807, 2.05) is 31.2 Å². The van der Waals surface area contributed by atoms with Gasteiger partial charge >= 0.3 is 0 Å². The monoisotopic (exact) mass is 404 g/mol. The second-order valence-corrected chi connectivity index (χ2v) is 7.16. The van der Waals surface area contributed by atoms with Crippen LogP contribution >= 0.6 is 0 Å². The number of hydrogen-bond acceptors (Lipinski definition) is 6.